The van der Waals surface area contributed by atoms with Crippen LogP contribution >= 0.6 is 11.6 Å². The van der Waals surface area contributed by atoms with Crippen molar-refractivity contribution in [2.75, 3.05) is 25.0 Å². The summed E-state index contributed by atoms with van der Waals surface area (Å²) in [6.45, 7) is 0.0704. The van der Waals surface area contributed by atoms with E-state index in [2.05, 4.69) is 5.32 Å². The second kappa shape index (κ2) is 6.01. The molecule has 1 fully saturated rings. The normalized spacial score (nSPS) is 15.8. The van der Waals surface area contributed by atoms with E-state index in [-0.39, 0.29) is 6.04 Å². The number of benzene rings is 1. The first kappa shape index (κ1) is 14.5. The van der Waals surface area contributed by atoms with Gasteiger partial charge in [0.15, 0.2) is 0 Å². The third-order valence-electron chi connectivity index (χ3n) is 3.02. The first-order chi connectivity index (χ1) is 8.94. The molecule has 1 saturated carbocycles. The van der Waals surface area contributed by atoms with Crippen molar-refractivity contribution in [1.82, 2.24) is 4.90 Å². The average molecular weight is 293 g/mol. The summed E-state index contributed by atoms with van der Waals surface area (Å²) in [7, 11) is 0. The fourth-order valence-electron chi connectivity index (χ4n) is 1.97. The summed E-state index contributed by atoms with van der Waals surface area (Å²) in [5.74, 6) is 0. The van der Waals surface area contributed by atoms with Crippen LogP contribution in [0.2, 0.25) is 5.02 Å². The minimum atomic E-state index is -4.12. The molecule has 0 spiro atoms. The Balaban J connectivity index is 1.77. The summed E-state index contributed by atoms with van der Waals surface area (Å²) in [6, 6.07) is 7.23. The maximum Gasteiger partial charge on any atom is 0.401 e. The van der Waals surface area contributed by atoms with E-state index in [9.17, 15) is 13.2 Å². The van der Waals surface area contributed by atoms with Gasteiger partial charge in [0.2, 0.25) is 0 Å². The molecule has 0 bridgehead atoms. The Bertz CT molecular complexity index is 401. The average Bonchev–Trinajstić information content (AvgIpc) is 3.13. The van der Waals surface area contributed by atoms with Gasteiger partial charge in [-0.2, -0.15) is 13.2 Å². The smallest absolute Gasteiger partial charge is 0.384 e. The third-order valence-corrected chi connectivity index (χ3v) is 3.27. The molecule has 1 aliphatic rings. The number of halogens is 4. The molecule has 0 heterocycles. The molecule has 0 amide bonds. The summed E-state index contributed by atoms with van der Waals surface area (Å²) in [4.78, 5) is 1.50. The second-order valence-corrected chi connectivity index (χ2v) is 5.19. The molecule has 2 rings (SSSR count). The van der Waals surface area contributed by atoms with Gasteiger partial charge < -0.3 is 5.32 Å². The first-order valence-electron chi connectivity index (χ1n) is 6.24. The number of hydrogen-bond donors (Lipinski definition) is 1. The maximum atomic E-state index is 12.4. The van der Waals surface area contributed by atoms with Crippen molar-refractivity contribution in [2.24, 2.45) is 0 Å². The van der Waals surface area contributed by atoms with Crippen LogP contribution < -0.4 is 5.32 Å². The van der Waals surface area contributed by atoms with Gasteiger partial charge in [-0.3, -0.25) is 4.90 Å². The van der Waals surface area contributed by atoms with Crippen LogP contribution in [0.5, 0.6) is 0 Å². The van der Waals surface area contributed by atoms with Crippen LogP contribution in [0, 0.1) is 0 Å². The van der Waals surface area contributed by atoms with Gasteiger partial charge in [0.25, 0.3) is 0 Å². The van der Waals surface area contributed by atoms with E-state index in [4.69, 9.17) is 11.6 Å². The fourth-order valence-corrected chi connectivity index (χ4v) is 2.10. The second-order valence-electron chi connectivity index (χ2n) is 4.75. The molecule has 0 saturated heterocycles. The van der Waals surface area contributed by atoms with E-state index in [0.29, 0.717) is 18.1 Å². The molecule has 1 aliphatic carbocycles. The molecule has 106 valence electrons. The van der Waals surface area contributed by atoms with Gasteiger partial charge in [0.1, 0.15) is 0 Å². The summed E-state index contributed by atoms with van der Waals surface area (Å²) < 4.78 is 37.2. The molecule has 0 radical (unpaired) electrons. The molecule has 0 aliphatic heterocycles. The SMILES string of the molecule is FC(F)(F)CN(CCNc1ccc(Cl)cc1)C1CC1. The van der Waals surface area contributed by atoms with Crippen molar-refractivity contribution in [3.8, 4) is 0 Å². The summed E-state index contributed by atoms with van der Waals surface area (Å²) in [5.41, 5.74) is 0.868. The number of alkyl halides is 3. The highest BCUT2D eigenvalue weighted by atomic mass is 35.5. The van der Waals surface area contributed by atoms with E-state index in [1.807, 2.05) is 12.1 Å². The first-order valence-corrected chi connectivity index (χ1v) is 6.62. The molecule has 2 nitrogen and oxygen atoms in total. The van der Waals surface area contributed by atoms with Crippen molar-refractivity contribution in [1.29, 1.82) is 0 Å². The van der Waals surface area contributed by atoms with E-state index in [0.717, 1.165) is 18.5 Å². The Labute approximate surface area is 115 Å². The maximum absolute atomic E-state index is 12.4. The lowest BCUT2D eigenvalue weighted by Crippen LogP contribution is -2.38. The van der Waals surface area contributed by atoms with E-state index < -0.39 is 12.7 Å². The largest absolute Gasteiger partial charge is 0.401 e. The minimum Gasteiger partial charge on any atom is -0.384 e. The van der Waals surface area contributed by atoms with Crippen LogP contribution in [0.4, 0.5) is 18.9 Å². The predicted octanol–water partition coefficient (Wildman–Crippen LogP) is 3.78. The highest BCUT2D eigenvalue weighted by Gasteiger charge is 2.37. The lowest BCUT2D eigenvalue weighted by molar-refractivity contribution is -0.146. The van der Waals surface area contributed by atoms with Crippen LogP contribution in [0.1, 0.15) is 12.8 Å². The van der Waals surface area contributed by atoms with Gasteiger partial charge >= 0.3 is 6.18 Å². The molecule has 0 atom stereocenters. The number of anilines is 1. The lowest BCUT2D eigenvalue weighted by Gasteiger charge is -2.23. The zero-order valence-electron chi connectivity index (χ0n) is 10.4. The fraction of sp³-hybridized carbons (Fsp3) is 0.538. The third kappa shape index (κ3) is 5.28. The van der Waals surface area contributed by atoms with Gasteiger partial charge in [-0.1, -0.05) is 11.6 Å². The van der Waals surface area contributed by atoms with Crippen molar-refractivity contribution in [3.63, 3.8) is 0 Å². The van der Waals surface area contributed by atoms with Crippen LogP contribution in [0.15, 0.2) is 24.3 Å². The Hall–Kier alpha value is -0.940. The number of nitrogens with zero attached hydrogens (tertiary/aromatic N) is 1. The number of nitrogens with one attached hydrogen (secondary N) is 1. The summed E-state index contributed by atoms with van der Waals surface area (Å²) >= 11 is 5.76. The van der Waals surface area contributed by atoms with Crippen LogP contribution in [-0.4, -0.2) is 36.8 Å². The van der Waals surface area contributed by atoms with Gasteiger partial charge in [-0.25, -0.2) is 0 Å². The van der Waals surface area contributed by atoms with Crippen LogP contribution in [0.3, 0.4) is 0 Å². The summed E-state index contributed by atoms with van der Waals surface area (Å²) in [5, 5.41) is 3.74. The zero-order chi connectivity index (χ0) is 13.9. The van der Waals surface area contributed by atoms with Crippen molar-refractivity contribution in [3.05, 3.63) is 29.3 Å². The molecule has 0 aromatic heterocycles. The Morgan fingerprint density at radius 3 is 2.37 bits per heavy atom. The van der Waals surface area contributed by atoms with Crippen LogP contribution in [-0.2, 0) is 0 Å². The molecular weight excluding hydrogens is 277 g/mol. The van der Waals surface area contributed by atoms with Gasteiger partial charge in [-0.15, -0.1) is 0 Å². The molecule has 1 aromatic carbocycles. The standard InChI is InChI=1S/C13H16ClF3N2/c14-10-1-3-11(4-2-10)18-7-8-19(12-5-6-12)9-13(15,16)17/h1-4,12,18H,5-9H2. The van der Waals surface area contributed by atoms with E-state index >= 15 is 0 Å². The number of hydrogen-bond acceptors (Lipinski definition) is 2. The van der Waals surface area contributed by atoms with Crippen molar-refractivity contribution in [2.45, 2.75) is 25.1 Å². The minimum absolute atomic E-state index is 0.105. The lowest BCUT2D eigenvalue weighted by atomic mass is 10.3. The Morgan fingerprint density at radius 1 is 1.21 bits per heavy atom. The quantitative estimate of drug-likeness (QED) is 0.858. The predicted molar refractivity (Wildman–Crippen MR) is 70.6 cm³/mol. The van der Waals surface area contributed by atoms with E-state index in [1.54, 1.807) is 12.1 Å². The molecule has 1 N–H and O–H groups in total. The van der Waals surface area contributed by atoms with Gasteiger partial charge in [-0.05, 0) is 37.1 Å². The number of rotatable bonds is 6. The highest BCUT2D eigenvalue weighted by molar-refractivity contribution is 6.30. The molecule has 6 heteroatoms. The Kier molecular flexibility index (Phi) is 4.58. The van der Waals surface area contributed by atoms with Gasteiger partial charge in [0.05, 0.1) is 6.54 Å². The van der Waals surface area contributed by atoms with Crippen molar-refractivity contribution < 1.29 is 13.2 Å². The molecule has 0 unspecified atom stereocenters. The van der Waals surface area contributed by atoms with E-state index in [1.165, 1.54) is 4.90 Å². The molecule has 1 aromatic rings. The highest BCUT2D eigenvalue weighted by Crippen LogP contribution is 2.29. The monoisotopic (exact) mass is 292 g/mol. The summed E-state index contributed by atoms with van der Waals surface area (Å²) in [6.07, 6.45) is -2.38. The molecular formula is C13H16ClF3N2. The zero-order valence-corrected chi connectivity index (χ0v) is 11.1. The topological polar surface area (TPSA) is 15.3 Å². The van der Waals surface area contributed by atoms with Gasteiger partial charge in [0, 0.05) is 29.8 Å². The molecule has 19 heavy (non-hydrogen) atoms. The van der Waals surface area contributed by atoms with Crippen molar-refractivity contribution >= 4 is 17.3 Å². The Morgan fingerprint density at radius 2 is 1.84 bits per heavy atom. The van der Waals surface area contributed by atoms with Crippen LogP contribution in [0.25, 0.3) is 0 Å².